The molecule has 0 aromatic carbocycles. The number of carbonyl (C=O) groups excluding carboxylic acids is 2. The SMILES string of the molecule is C=C1C(=O)OC2CC(C)C(C(O)C(C)=O)=CCC12. The molecule has 1 N–H and O–H groups in total. The zero-order valence-electron chi connectivity index (χ0n) is 10.7. The van der Waals surface area contributed by atoms with Crippen LogP contribution in [-0.4, -0.2) is 29.1 Å². The summed E-state index contributed by atoms with van der Waals surface area (Å²) in [6.07, 6.45) is 1.88. The normalized spacial score (nSPS) is 33.3. The Morgan fingerprint density at radius 1 is 1.61 bits per heavy atom. The fourth-order valence-corrected chi connectivity index (χ4v) is 2.74. The number of allylic oxidation sites excluding steroid dienone is 1. The summed E-state index contributed by atoms with van der Waals surface area (Å²) in [4.78, 5) is 22.7. The van der Waals surface area contributed by atoms with E-state index in [0.717, 1.165) is 5.57 Å². The molecule has 0 aromatic heterocycles. The molecule has 4 heteroatoms. The van der Waals surface area contributed by atoms with Crippen molar-refractivity contribution < 1.29 is 19.4 Å². The average Bonchev–Trinajstić information content (AvgIpc) is 2.48. The van der Waals surface area contributed by atoms with Crippen LogP contribution in [0.1, 0.15) is 26.7 Å². The fraction of sp³-hybridized carbons (Fsp3) is 0.571. The van der Waals surface area contributed by atoms with Crippen molar-refractivity contribution in [3.8, 4) is 0 Å². The van der Waals surface area contributed by atoms with Gasteiger partial charge in [0.2, 0.25) is 0 Å². The van der Waals surface area contributed by atoms with E-state index >= 15 is 0 Å². The molecule has 4 atom stereocenters. The Morgan fingerprint density at radius 3 is 2.89 bits per heavy atom. The summed E-state index contributed by atoms with van der Waals surface area (Å²) in [5.41, 5.74) is 1.24. The number of aliphatic hydroxyl groups excluding tert-OH is 1. The van der Waals surface area contributed by atoms with Gasteiger partial charge >= 0.3 is 5.97 Å². The molecule has 18 heavy (non-hydrogen) atoms. The maximum absolute atomic E-state index is 11.4. The highest BCUT2D eigenvalue weighted by Gasteiger charge is 2.41. The second-order valence-corrected chi connectivity index (χ2v) is 5.17. The minimum Gasteiger partial charge on any atom is -0.458 e. The van der Waals surface area contributed by atoms with Crippen molar-refractivity contribution in [2.75, 3.05) is 0 Å². The van der Waals surface area contributed by atoms with Crippen molar-refractivity contribution in [1.29, 1.82) is 0 Å². The molecule has 0 saturated carbocycles. The second-order valence-electron chi connectivity index (χ2n) is 5.17. The number of ether oxygens (including phenoxy) is 1. The highest BCUT2D eigenvalue weighted by Crippen LogP contribution is 2.38. The van der Waals surface area contributed by atoms with Crippen LogP contribution in [0.3, 0.4) is 0 Å². The molecule has 2 aliphatic rings. The van der Waals surface area contributed by atoms with E-state index in [1.165, 1.54) is 6.92 Å². The molecular formula is C14H18O4. The van der Waals surface area contributed by atoms with Crippen molar-refractivity contribution in [2.24, 2.45) is 11.8 Å². The number of Topliss-reactive ketones (excluding diaryl/α,β-unsaturated/α-hetero) is 1. The van der Waals surface area contributed by atoms with Gasteiger partial charge in [0.05, 0.1) is 0 Å². The van der Waals surface area contributed by atoms with Crippen LogP contribution < -0.4 is 0 Å². The molecule has 0 radical (unpaired) electrons. The highest BCUT2D eigenvalue weighted by molar-refractivity contribution is 5.91. The Bertz CT molecular complexity index is 435. The van der Waals surface area contributed by atoms with E-state index in [1.54, 1.807) is 0 Å². The first-order valence-electron chi connectivity index (χ1n) is 6.20. The molecule has 1 saturated heterocycles. The van der Waals surface area contributed by atoms with Gasteiger partial charge in [0.25, 0.3) is 0 Å². The number of aliphatic hydroxyl groups is 1. The van der Waals surface area contributed by atoms with Crippen LogP contribution in [0.4, 0.5) is 0 Å². The summed E-state index contributed by atoms with van der Waals surface area (Å²) in [5, 5.41) is 9.88. The summed E-state index contributed by atoms with van der Waals surface area (Å²) in [7, 11) is 0. The molecule has 1 aliphatic heterocycles. The fourth-order valence-electron chi connectivity index (χ4n) is 2.74. The van der Waals surface area contributed by atoms with Gasteiger partial charge in [-0.3, -0.25) is 4.79 Å². The van der Waals surface area contributed by atoms with Gasteiger partial charge in [-0.2, -0.15) is 0 Å². The molecule has 0 spiro atoms. The van der Waals surface area contributed by atoms with Gasteiger partial charge in [-0.05, 0) is 31.3 Å². The Labute approximate surface area is 106 Å². The van der Waals surface area contributed by atoms with Crippen molar-refractivity contribution in [1.82, 2.24) is 0 Å². The molecule has 1 aliphatic carbocycles. The molecule has 4 nitrogen and oxygen atoms in total. The van der Waals surface area contributed by atoms with Crippen LogP contribution >= 0.6 is 0 Å². The van der Waals surface area contributed by atoms with Gasteiger partial charge in [0, 0.05) is 11.5 Å². The standard InChI is InChI=1S/C14H18O4/c1-7-6-12-11(8(2)14(17)18-12)5-4-10(7)13(16)9(3)15/h4,7,11-13,16H,2,5-6H2,1,3H3. The predicted octanol–water partition coefficient (Wildman–Crippen LogP) is 1.39. The monoisotopic (exact) mass is 250 g/mol. The van der Waals surface area contributed by atoms with E-state index < -0.39 is 6.10 Å². The summed E-state index contributed by atoms with van der Waals surface area (Å²) in [6, 6.07) is 0. The number of esters is 1. The van der Waals surface area contributed by atoms with E-state index in [0.29, 0.717) is 18.4 Å². The van der Waals surface area contributed by atoms with Gasteiger partial charge in [0.15, 0.2) is 5.78 Å². The number of carbonyl (C=O) groups is 2. The number of hydrogen-bond acceptors (Lipinski definition) is 4. The molecule has 1 fully saturated rings. The molecular weight excluding hydrogens is 232 g/mol. The molecule has 4 unspecified atom stereocenters. The predicted molar refractivity (Wildman–Crippen MR) is 65.7 cm³/mol. The van der Waals surface area contributed by atoms with Crippen LogP contribution in [0.5, 0.6) is 0 Å². The van der Waals surface area contributed by atoms with E-state index in [2.05, 4.69) is 6.58 Å². The lowest BCUT2D eigenvalue weighted by atomic mass is 9.89. The molecule has 0 amide bonds. The highest BCUT2D eigenvalue weighted by atomic mass is 16.6. The van der Waals surface area contributed by atoms with E-state index in [1.807, 2.05) is 13.0 Å². The zero-order valence-corrected chi connectivity index (χ0v) is 10.7. The van der Waals surface area contributed by atoms with Crippen LogP contribution in [-0.2, 0) is 14.3 Å². The Morgan fingerprint density at radius 2 is 2.28 bits per heavy atom. The average molecular weight is 250 g/mol. The van der Waals surface area contributed by atoms with Gasteiger partial charge in [-0.1, -0.05) is 19.6 Å². The lowest BCUT2D eigenvalue weighted by Crippen LogP contribution is -2.25. The van der Waals surface area contributed by atoms with Crippen LogP contribution in [0, 0.1) is 11.8 Å². The maximum Gasteiger partial charge on any atom is 0.334 e. The lowest BCUT2D eigenvalue weighted by molar-refractivity contribution is -0.139. The van der Waals surface area contributed by atoms with Crippen molar-refractivity contribution >= 4 is 11.8 Å². The topological polar surface area (TPSA) is 63.6 Å². The molecule has 98 valence electrons. The quantitative estimate of drug-likeness (QED) is 0.457. The molecule has 0 bridgehead atoms. The lowest BCUT2D eigenvalue weighted by Gasteiger charge is -2.20. The Hall–Kier alpha value is -1.42. The van der Waals surface area contributed by atoms with Crippen LogP contribution in [0.2, 0.25) is 0 Å². The van der Waals surface area contributed by atoms with Crippen molar-refractivity contribution in [3.63, 3.8) is 0 Å². The van der Waals surface area contributed by atoms with Gasteiger partial charge in [0.1, 0.15) is 12.2 Å². The van der Waals surface area contributed by atoms with E-state index in [9.17, 15) is 14.7 Å². The van der Waals surface area contributed by atoms with Crippen LogP contribution in [0.15, 0.2) is 23.8 Å². The van der Waals surface area contributed by atoms with Gasteiger partial charge in [-0.25, -0.2) is 4.79 Å². The van der Waals surface area contributed by atoms with Crippen molar-refractivity contribution in [2.45, 2.75) is 38.9 Å². The third kappa shape index (κ3) is 2.12. The minimum absolute atomic E-state index is 0.0170. The molecule has 2 rings (SSSR count). The summed E-state index contributed by atoms with van der Waals surface area (Å²) in [6.45, 7) is 7.08. The summed E-state index contributed by atoms with van der Waals surface area (Å²) >= 11 is 0. The summed E-state index contributed by atoms with van der Waals surface area (Å²) in [5.74, 6) is -0.564. The second kappa shape index (κ2) is 4.69. The van der Waals surface area contributed by atoms with Gasteiger partial charge < -0.3 is 9.84 Å². The Balaban J connectivity index is 2.23. The van der Waals surface area contributed by atoms with Crippen LogP contribution in [0.25, 0.3) is 0 Å². The summed E-state index contributed by atoms with van der Waals surface area (Å²) < 4.78 is 5.28. The number of rotatable bonds is 2. The van der Waals surface area contributed by atoms with E-state index in [4.69, 9.17) is 4.74 Å². The number of hydrogen-bond donors (Lipinski definition) is 1. The third-order valence-electron chi connectivity index (χ3n) is 3.88. The number of ketones is 1. The first kappa shape index (κ1) is 13.0. The third-order valence-corrected chi connectivity index (χ3v) is 3.88. The van der Waals surface area contributed by atoms with E-state index in [-0.39, 0.29) is 29.7 Å². The number of fused-ring (bicyclic) bond motifs is 1. The van der Waals surface area contributed by atoms with Crippen molar-refractivity contribution in [3.05, 3.63) is 23.8 Å². The van der Waals surface area contributed by atoms with Gasteiger partial charge in [-0.15, -0.1) is 0 Å². The first-order chi connectivity index (χ1) is 8.41. The first-order valence-corrected chi connectivity index (χ1v) is 6.20. The zero-order chi connectivity index (χ0) is 13.4. The molecule has 1 heterocycles. The largest absolute Gasteiger partial charge is 0.458 e. The molecule has 0 aromatic rings. The maximum atomic E-state index is 11.4. The Kier molecular flexibility index (Phi) is 3.39. The minimum atomic E-state index is -1.04. The smallest absolute Gasteiger partial charge is 0.334 e.